The molecule has 0 bridgehead atoms. The summed E-state index contributed by atoms with van der Waals surface area (Å²) >= 11 is 3.45. The molecule has 2 aliphatic rings. The van der Waals surface area contributed by atoms with E-state index in [9.17, 15) is 14.4 Å². The van der Waals surface area contributed by atoms with Gasteiger partial charge in [-0.3, -0.25) is 14.4 Å². The number of nitrogens with one attached hydrogen (secondary N) is 1. The third kappa shape index (κ3) is 5.68. The van der Waals surface area contributed by atoms with Crippen molar-refractivity contribution in [2.24, 2.45) is 0 Å². The molecule has 10 heteroatoms. The molecule has 2 atom stereocenters. The fraction of sp³-hybridized carbons (Fsp3) is 0.344. The first kappa shape index (κ1) is 28.1. The third-order valence-electron chi connectivity index (χ3n) is 8.31. The largest absolute Gasteiger partial charge is 0.335 e. The SMILES string of the molecule is Cc1[nH]c(=O)c(C(=O)N2CCCCC2Cc2cn(C3CCCN(c4ccc(Br)cc4)C3=O)nn2)cc1-c1ccccc1. The summed E-state index contributed by atoms with van der Waals surface area (Å²) < 4.78 is 2.64. The van der Waals surface area contributed by atoms with Crippen molar-refractivity contribution in [1.29, 1.82) is 0 Å². The van der Waals surface area contributed by atoms with Gasteiger partial charge in [-0.05, 0) is 74.9 Å². The molecule has 42 heavy (non-hydrogen) atoms. The molecule has 0 aliphatic carbocycles. The standard InChI is InChI=1S/C32H33BrN6O3/c1-21-27(22-8-3-2-4-9-22)19-28(30(40)34-21)31(41)38-16-6-5-10-26(38)18-24-20-39(36-35-24)29-11-7-17-37(32(29)42)25-14-12-23(33)13-15-25/h2-4,8-9,12-15,19-20,26,29H,5-7,10-11,16-18H2,1H3,(H,34,40). The molecule has 2 aromatic carbocycles. The molecular weight excluding hydrogens is 596 g/mol. The summed E-state index contributed by atoms with van der Waals surface area (Å²) in [5, 5.41) is 8.76. The summed E-state index contributed by atoms with van der Waals surface area (Å²) in [6.07, 6.45) is 6.60. The van der Waals surface area contributed by atoms with Crippen molar-refractivity contribution in [3.63, 3.8) is 0 Å². The Labute approximate surface area is 252 Å². The number of amides is 2. The maximum atomic E-state index is 13.8. The van der Waals surface area contributed by atoms with Crippen molar-refractivity contribution < 1.29 is 9.59 Å². The first-order valence-corrected chi connectivity index (χ1v) is 15.3. The Kier molecular flexibility index (Phi) is 8.06. The van der Waals surface area contributed by atoms with Gasteiger partial charge in [0.25, 0.3) is 17.4 Å². The molecule has 1 N–H and O–H groups in total. The Morgan fingerprint density at radius 1 is 1.00 bits per heavy atom. The molecule has 0 radical (unpaired) electrons. The highest BCUT2D eigenvalue weighted by Crippen LogP contribution is 2.29. The number of hydrogen-bond acceptors (Lipinski definition) is 5. The molecule has 2 aromatic heterocycles. The van der Waals surface area contributed by atoms with E-state index in [1.54, 1.807) is 10.7 Å². The van der Waals surface area contributed by atoms with Crippen LogP contribution in [0.1, 0.15) is 59.9 Å². The monoisotopic (exact) mass is 628 g/mol. The smallest absolute Gasteiger partial charge is 0.261 e. The molecule has 9 nitrogen and oxygen atoms in total. The zero-order chi connectivity index (χ0) is 29.2. The van der Waals surface area contributed by atoms with Gasteiger partial charge in [-0.2, -0.15) is 0 Å². The molecule has 4 heterocycles. The summed E-state index contributed by atoms with van der Waals surface area (Å²) in [6.45, 7) is 3.09. The normalized spacial score (nSPS) is 19.2. The summed E-state index contributed by atoms with van der Waals surface area (Å²) in [5.74, 6) is -0.263. The van der Waals surface area contributed by atoms with Gasteiger partial charge in [0, 0.05) is 53.2 Å². The zero-order valence-electron chi connectivity index (χ0n) is 23.5. The first-order chi connectivity index (χ1) is 20.4. The van der Waals surface area contributed by atoms with E-state index < -0.39 is 6.04 Å². The lowest BCUT2D eigenvalue weighted by molar-refractivity contribution is -0.123. The Morgan fingerprint density at radius 2 is 1.79 bits per heavy atom. The number of rotatable bonds is 6. The maximum Gasteiger partial charge on any atom is 0.261 e. The van der Waals surface area contributed by atoms with Crippen LogP contribution in [0.4, 0.5) is 5.69 Å². The average molecular weight is 630 g/mol. The van der Waals surface area contributed by atoms with E-state index in [1.807, 2.05) is 77.5 Å². The number of piperidine rings is 2. The van der Waals surface area contributed by atoms with E-state index >= 15 is 0 Å². The minimum atomic E-state index is -0.421. The highest BCUT2D eigenvalue weighted by molar-refractivity contribution is 9.10. The Hall–Kier alpha value is -4.05. The van der Waals surface area contributed by atoms with Crippen LogP contribution in [0.5, 0.6) is 0 Å². The topological polar surface area (TPSA) is 104 Å². The quantitative estimate of drug-likeness (QED) is 0.312. The second kappa shape index (κ2) is 12.1. The number of carbonyl (C=O) groups is 2. The number of anilines is 1. The van der Waals surface area contributed by atoms with Crippen molar-refractivity contribution in [3.8, 4) is 11.1 Å². The summed E-state index contributed by atoms with van der Waals surface area (Å²) in [4.78, 5) is 46.7. The number of hydrogen-bond donors (Lipinski definition) is 1. The first-order valence-electron chi connectivity index (χ1n) is 14.5. The summed E-state index contributed by atoms with van der Waals surface area (Å²) in [7, 11) is 0. The number of benzene rings is 2. The van der Waals surface area contributed by atoms with E-state index in [-0.39, 0.29) is 29.0 Å². The van der Waals surface area contributed by atoms with Crippen molar-refractivity contribution >= 4 is 33.4 Å². The number of aromatic nitrogens is 4. The number of H-pyrrole nitrogens is 1. The Bertz CT molecular complexity index is 1650. The molecule has 2 unspecified atom stereocenters. The number of halogens is 1. The molecule has 6 rings (SSSR count). The van der Waals surface area contributed by atoms with Crippen LogP contribution < -0.4 is 10.5 Å². The molecule has 2 aliphatic heterocycles. The molecule has 0 saturated carbocycles. The van der Waals surface area contributed by atoms with E-state index in [1.165, 1.54) is 0 Å². The predicted octanol–water partition coefficient (Wildman–Crippen LogP) is 5.31. The number of pyridine rings is 1. The van der Waals surface area contributed by atoms with Gasteiger partial charge >= 0.3 is 0 Å². The van der Waals surface area contributed by atoms with Gasteiger partial charge in [-0.1, -0.05) is 51.5 Å². The minimum Gasteiger partial charge on any atom is -0.335 e. The Morgan fingerprint density at radius 3 is 2.57 bits per heavy atom. The third-order valence-corrected chi connectivity index (χ3v) is 8.84. The average Bonchev–Trinajstić information content (AvgIpc) is 3.46. The lowest BCUT2D eigenvalue weighted by Crippen LogP contribution is -2.46. The number of carbonyl (C=O) groups excluding carboxylic acids is 2. The predicted molar refractivity (Wildman–Crippen MR) is 164 cm³/mol. The zero-order valence-corrected chi connectivity index (χ0v) is 25.1. The fourth-order valence-corrected chi connectivity index (χ4v) is 6.38. The summed E-state index contributed by atoms with van der Waals surface area (Å²) in [6, 6.07) is 18.7. The van der Waals surface area contributed by atoms with Crippen molar-refractivity contribution in [2.45, 2.75) is 57.5 Å². The van der Waals surface area contributed by atoms with Gasteiger partial charge in [-0.25, -0.2) is 4.68 Å². The van der Waals surface area contributed by atoms with Crippen molar-refractivity contribution in [2.75, 3.05) is 18.0 Å². The molecule has 2 saturated heterocycles. The van der Waals surface area contributed by atoms with Crippen LogP contribution in [-0.4, -0.2) is 55.8 Å². The molecular formula is C32H33BrN6O3. The lowest BCUT2D eigenvalue weighted by Gasteiger charge is -2.35. The molecule has 4 aromatic rings. The van der Waals surface area contributed by atoms with E-state index in [2.05, 4.69) is 31.2 Å². The molecule has 216 valence electrons. The number of nitrogens with zero attached hydrogens (tertiary/aromatic N) is 5. The second-order valence-electron chi connectivity index (χ2n) is 11.1. The van der Waals surface area contributed by atoms with Gasteiger partial charge < -0.3 is 14.8 Å². The maximum absolute atomic E-state index is 13.8. The molecule has 0 spiro atoms. The fourth-order valence-electron chi connectivity index (χ4n) is 6.11. The second-order valence-corrected chi connectivity index (χ2v) is 12.0. The van der Waals surface area contributed by atoms with Crippen molar-refractivity contribution in [1.82, 2.24) is 24.9 Å². The molecule has 2 amide bonds. The van der Waals surface area contributed by atoms with Gasteiger partial charge in [0.1, 0.15) is 11.6 Å². The Balaban J connectivity index is 1.20. The number of aryl methyl sites for hydroxylation is 1. The summed E-state index contributed by atoms with van der Waals surface area (Å²) in [5.41, 5.74) is 3.88. The van der Waals surface area contributed by atoms with E-state index in [0.29, 0.717) is 25.9 Å². The molecule has 2 fully saturated rings. The highest BCUT2D eigenvalue weighted by atomic mass is 79.9. The van der Waals surface area contributed by atoms with Gasteiger partial charge in [-0.15, -0.1) is 5.10 Å². The number of aromatic amines is 1. The van der Waals surface area contributed by atoms with Crippen LogP contribution in [-0.2, 0) is 11.2 Å². The number of likely N-dealkylation sites (tertiary alicyclic amines) is 1. The van der Waals surface area contributed by atoms with E-state index in [0.717, 1.165) is 58.4 Å². The highest BCUT2D eigenvalue weighted by Gasteiger charge is 2.33. The van der Waals surface area contributed by atoms with Gasteiger partial charge in [0.2, 0.25) is 0 Å². The van der Waals surface area contributed by atoms with Crippen LogP contribution in [0, 0.1) is 6.92 Å². The van der Waals surface area contributed by atoms with Crippen LogP contribution in [0.3, 0.4) is 0 Å². The van der Waals surface area contributed by atoms with Crippen LogP contribution in [0.2, 0.25) is 0 Å². The minimum absolute atomic E-state index is 0.00214. The van der Waals surface area contributed by atoms with E-state index in [4.69, 9.17) is 0 Å². The van der Waals surface area contributed by atoms with Crippen LogP contribution in [0.15, 0.2) is 76.1 Å². The van der Waals surface area contributed by atoms with Gasteiger partial charge in [0.05, 0.1) is 5.69 Å². The van der Waals surface area contributed by atoms with Crippen LogP contribution >= 0.6 is 15.9 Å². The lowest BCUT2D eigenvalue weighted by atomic mass is 9.96. The van der Waals surface area contributed by atoms with Crippen molar-refractivity contribution in [3.05, 3.63) is 98.6 Å². The van der Waals surface area contributed by atoms with Gasteiger partial charge in [0.15, 0.2) is 0 Å². The van der Waals surface area contributed by atoms with Crippen LogP contribution in [0.25, 0.3) is 11.1 Å².